The van der Waals surface area contributed by atoms with Gasteiger partial charge in [-0.3, -0.25) is 9.59 Å². The zero-order chi connectivity index (χ0) is 27.7. The second kappa shape index (κ2) is 12.3. The summed E-state index contributed by atoms with van der Waals surface area (Å²) in [5.74, 6) is 8.32. The summed E-state index contributed by atoms with van der Waals surface area (Å²) in [5.41, 5.74) is 3.79. The highest BCUT2D eigenvalue weighted by atomic mass is 16.5. The molecule has 0 aromatic heterocycles. The summed E-state index contributed by atoms with van der Waals surface area (Å²) in [5, 5.41) is 2.83. The van der Waals surface area contributed by atoms with E-state index >= 15 is 0 Å². The van der Waals surface area contributed by atoms with Crippen LogP contribution >= 0.6 is 0 Å². The minimum Gasteiger partial charge on any atom is -0.457 e. The second-order valence-electron chi connectivity index (χ2n) is 9.01. The molecule has 5 nitrogen and oxygen atoms in total. The first kappa shape index (κ1) is 26.0. The van der Waals surface area contributed by atoms with Crippen LogP contribution in [0, 0.1) is 18.8 Å². The van der Waals surface area contributed by atoms with Gasteiger partial charge in [-0.2, -0.15) is 0 Å². The van der Waals surface area contributed by atoms with Gasteiger partial charge in [-0.25, -0.2) is 0 Å². The van der Waals surface area contributed by atoms with Gasteiger partial charge in [0.2, 0.25) is 0 Å². The average molecular weight is 524 g/mol. The maximum Gasteiger partial charge on any atom is 0.256 e. The quantitative estimate of drug-likeness (QED) is 0.173. The maximum absolute atomic E-state index is 12.9. The summed E-state index contributed by atoms with van der Waals surface area (Å²) >= 11 is 0. The van der Waals surface area contributed by atoms with E-state index in [1.165, 1.54) is 0 Å². The lowest BCUT2D eigenvalue weighted by Gasteiger charge is -2.11. The third-order valence-electron chi connectivity index (χ3n) is 5.96. The molecule has 194 valence electrons. The summed E-state index contributed by atoms with van der Waals surface area (Å²) in [6.45, 7) is 2.03. The predicted octanol–water partition coefficient (Wildman–Crippen LogP) is 8.04. The molecule has 1 N–H and O–H groups in total. The molecule has 0 aliphatic carbocycles. The summed E-state index contributed by atoms with van der Waals surface area (Å²) in [7, 11) is 0. The van der Waals surface area contributed by atoms with Crippen molar-refractivity contribution in [2.24, 2.45) is 0 Å². The molecule has 40 heavy (non-hydrogen) atoms. The van der Waals surface area contributed by atoms with Gasteiger partial charge in [-0.05, 0) is 85.8 Å². The standard InChI is InChI=1S/C35H25NO4/c1-25-10-17-30(18-11-25)39-32-8-5-9-33(23-32)40-31-19-15-29(16-20-31)36-35(38)34-21-14-27(22-28(34)24-37)13-12-26-6-3-2-4-7-26/h2-11,14-24H,1H3,(H,36,38). The highest BCUT2D eigenvalue weighted by Crippen LogP contribution is 2.29. The zero-order valence-electron chi connectivity index (χ0n) is 21.8. The largest absolute Gasteiger partial charge is 0.457 e. The molecule has 5 rings (SSSR count). The predicted molar refractivity (Wildman–Crippen MR) is 156 cm³/mol. The summed E-state index contributed by atoms with van der Waals surface area (Å²) in [6, 6.07) is 36.7. The van der Waals surface area contributed by atoms with E-state index in [1.807, 2.05) is 85.8 Å². The van der Waals surface area contributed by atoms with Gasteiger partial charge in [0.1, 0.15) is 23.0 Å². The number of aryl methyl sites for hydroxylation is 1. The van der Waals surface area contributed by atoms with Crippen LogP contribution in [0.1, 0.15) is 37.4 Å². The number of ether oxygens (including phenoxy) is 2. The molecule has 0 heterocycles. The van der Waals surface area contributed by atoms with E-state index in [1.54, 1.807) is 42.5 Å². The van der Waals surface area contributed by atoms with Crippen LogP contribution in [0.5, 0.6) is 23.0 Å². The molecule has 0 spiro atoms. The van der Waals surface area contributed by atoms with Crippen molar-refractivity contribution in [3.05, 3.63) is 149 Å². The average Bonchev–Trinajstić information content (AvgIpc) is 2.99. The lowest BCUT2D eigenvalue weighted by atomic mass is 10.0. The Morgan fingerprint density at radius 2 is 1.27 bits per heavy atom. The lowest BCUT2D eigenvalue weighted by molar-refractivity contribution is 0.101. The van der Waals surface area contributed by atoms with Gasteiger partial charge < -0.3 is 14.8 Å². The molecule has 0 bridgehead atoms. The van der Waals surface area contributed by atoms with E-state index < -0.39 is 0 Å². The summed E-state index contributed by atoms with van der Waals surface area (Å²) in [6.07, 6.45) is 0.663. The first-order valence-corrected chi connectivity index (χ1v) is 12.7. The molecule has 5 heteroatoms. The van der Waals surface area contributed by atoms with Gasteiger partial charge in [0.05, 0.1) is 5.56 Å². The van der Waals surface area contributed by atoms with Gasteiger partial charge in [-0.15, -0.1) is 0 Å². The molecule has 1 amide bonds. The van der Waals surface area contributed by atoms with Crippen LogP contribution in [0.15, 0.2) is 121 Å². The Balaban J connectivity index is 1.22. The third kappa shape index (κ3) is 6.83. The van der Waals surface area contributed by atoms with Crippen molar-refractivity contribution in [3.8, 4) is 34.8 Å². The van der Waals surface area contributed by atoms with E-state index in [0.717, 1.165) is 16.9 Å². The van der Waals surface area contributed by atoms with Crippen LogP contribution in [0.4, 0.5) is 5.69 Å². The van der Waals surface area contributed by atoms with Crippen molar-refractivity contribution in [1.82, 2.24) is 0 Å². The Labute approximate surface area is 233 Å². The first-order valence-electron chi connectivity index (χ1n) is 12.7. The van der Waals surface area contributed by atoms with Crippen LogP contribution in [-0.4, -0.2) is 12.2 Å². The Hall–Kier alpha value is -5.60. The molecule has 0 aliphatic heterocycles. The molecule has 0 unspecified atom stereocenters. The summed E-state index contributed by atoms with van der Waals surface area (Å²) in [4.78, 5) is 24.6. The topological polar surface area (TPSA) is 64.6 Å². The molecule has 0 saturated carbocycles. The van der Waals surface area contributed by atoms with Crippen molar-refractivity contribution in [1.29, 1.82) is 0 Å². The number of benzene rings is 5. The van der Waals surface area contributed by atoms with Crippen molar-refractivity contribution in [3.63, 3.8) is 0 Å². The van der Waals surface area contributed by atoms with Gasteiger partial charge in [0.25, 0.3) is 5.91 Å². The molecular formula is C35H25NO4. The smallest absolute Gasteiger partial charge is 0.256 e. The number of hydrogen-bond acceptors (Lipinski definition) is 4. The van der Waals surface area contributed by atoms with Crippen molar-refractivity contribution >= 4 is 17.9 Å². The fourth-order valence-corrected chi connectivity index (χ4v) is 3.90. The van der Waals surface area contributed by atoms with E-state index in [-0.39, 0.29) is 17.0 Å². The normalized spacial score (nSPS) is 10.1. The first-order chi connectivity index (χ1) is 19.6. The van der Waals surface area contributed by atoms with E-state index in [2.05, 4.69) is 17.2 Å². The third-order valence-corrected chi connectivity index (χ3v) is 5.96. The molecule has 0 aliphatic rings. The van der Waals surface area contributed by atoms with Gasteiger partial charge in [0.15, 0.2) is 6.29 Å². The number of carbonyl (C=O) groups excluding carboxylic acids is 2. The molecular weight excluding hydrogens is 498 g/mol. The number of anilines is 1. The highest BCUT2D eigenvalue weighted by Gasteiger charge is 2.12. The lowest BCUT2D eigenvalue weighted by Crippen LogP contribution is -2.14. The van der Waals surface area contributed by atoms with Crippen LogP contribution in [0.25, 0.3) is 0 Å². The monoisotopic (exact) mass is 523 g/mol. The molecule has 0 fully saturated rings. The Morgan fingerprint density at radius 3 is 1.93 bits per heavy atom. The number of nitrogens with one attached hydrogen (secondary N) is 1. The van der Waals surface area contributed by atoms with Gasteiger partial charge in [-0.1, -0.05) is 53.8 Å². The minimum absolute atomic E-state index is 0.269. The minimum atomic E-state index is -0.390. The van der Waals surface area contributed by atoms with E-state index in [0.29, 0.717) is 34.8 Å². The van der Waals surface area contributed by atoms with Crippen molar-refractivity contribution in [2.45, 2.75) is 6.92 Å². The summed E-state index contributed by atoms with van der Waals surface area (Å²) < 4.78 is 11.9. The Kier molecular flexibility index (Phi) is 8.00. The molecule has 0 saturated heterocycles. The van der Waals surface area contributed by atoms with Crippen LogP contribution in [0.3, 0.4) is 0 Å². The zero-order valence-corrected chi connectivity index (χ0v) is 21.8. The van der Waals surface area contributed by atoms with Gasteiger partial charge >= 0.3 is 0 Å². The number of hydrogen-bond donors (Lipinski definition) is 1. The Bertz CT molecular complexity index is 1700. The fourth-order valence-electron chi connectivity index (χ4n) is 3.90. The maximum atomic E-state index is 12.9. The van der Waals surface area contributed by atoms with Crippen LogP contribution in [-0.2, 0) is 0 Å². The van der Waals surface area contributed by atoms with Crippen molar-refractivity contribution < 1.29 is 19.1 Å². The molecule has 0 atom stereocenters. The van der Waals surface area contributed by atoms with Crippen molar-refractivity contribution in [2.75, 3.05) is 5.32 Å². The SMILES string of the molecule is Cc1ccc(Oc2cccc(Oc3ccc(NC(=O)c4ccc(C#Cc5ccccc5)cc4C=O)cc3)c2)cc1. The fraction of sp³-hybridized carbons (Fsp3) is 0.0286. The van der Waals surface area contributed by atoms with Gasteiger partial charge in [0, 0.05) is 28.4 Å². The molecule has 0 radical (unpaired) electrons. The number of amides is 1. The Morgan fingerprint density at radius 1 is 0.650 bits per heavy atom. The van der Waals surface area contributed by atoms with E-state index in [9.17, 15) is 9.59 Å². The number of carbonyl (C=O) groups is 2. The molecule has 5 aromatic carbocycles. The number of aldehydes is 1. The van der Waals surface area contributed by atoms with Crippen LogP contribution < -0.4 is 14.8 Å². The molecule has 5 aromatic rings. The highest BCUT2D eigenvalue weighted by molar-refractivity contribution is 6.08. The van der Waals surface area contributed by atoms with Crippen LogP contribution in [0.2, 0.25) is 0 Å². The second-order valence-corrected chi connectivity index (χ2v) is 9.01. The number of rotatable bonds is 7. The van der Waals surface area contributed by atoms with E-state index in [4.69, 9.17) is 9.47 Å².